The maximum absolute atomic E-state index is 10.8. The number of pyridine rings is 1. The van der Waals surface area contributed by atoms with E-state index in [4.69, 9.17) is 4.74 Å². The summed E-state index contributed by atoms with van der Waals surface area (Å²) in [6.45, 7) is 2.09. The number of methoxy groups -OCH3 is 1. The van der Waals surface area contributed by atoms with Gasteiger partial charge in [-0.3, -0.25) is 0 Å². The van der Waals surface area contributed by atoms with Crippen LogP contribution in [0.4, 0.5) is 0 Å². The van der Waals surface area contributed by atoms with E-state index in [9.17, 15) is 5.11 Å². The van der Waals surface area contributed by atoms with Gasteiger partial charge in [0.2, 0.25) is 5.52 Å². The van der Waals surface area contributed by atoms with Gasteiger partial charge in [0.1, 0.15) is 5.75 Å². The highest BCUT2D eigenvalue weighted by Crippen LogP contribution is 2.36. The molecule has 0 atom stereocenters. The number of aryl methyl sites for hydroxylation is 1. The molecule has 2 aromatic heterocycles. The Bertz CT molecular complexity index is 1020. The molecule has 2 heterocycles. The number of hydrogen-bond acceptors (Lipinski definition) is 3. The number of fused-ring (bicyclic) bond motifs is 3. The molecule has 0 bridgehead atoms. The summed E-state index contributed by atoms with van der Waals surface area (Å²) in [5.74, 6) is 1.05. The zero-order valence-electron chi connectivity index (χ0n) is 12.9. The van der Waals surface area contributed by atoms with E-state index < -0.39 is 0 Å². The van der Waals surface area contributed by atoms with Crippen LogP contribution in [0.2, 0.25) is 0 Å². The molecular formula is C19H16NO2S+. The molecule has 0 spiro atoms. The van der Waals surface area contributed by atoms with E-state index in [1.165, 1.54) is 5.56 Å². The second kappa shape index (κ2) is 5.25. The van der Waals surface area contributed by atoms with Crippen molar-refractivity contribution in [3.8, 4) is 22.1 Å². The van der Waals surface area contributed by atoms with Crippen LogP contribution in [0.15, 0.2) is 54.6 Å². The predicted octanol–water partition coefficient (Wildman–Crippen LogP) is 4.33. The van der Waals surface area contributed by atoms with Crippen molar-refractivity contribution < 1.29 is 14.2 Å². The summed E-state index contributed by atoms with van der Waals surface area (Å²) < 4.78 is 7.25. The lowest BCUT2D eigenvalue weighted by Crippen LogP contribution is -2.20. The zero-order chi connectivity index (χ0) is 16.0. The minimum absolute atomic E-state index is 0.273. The monoisotopic (exact) mass is 322 g/mol. The smallest absolute Gasteiger partial charge is 0.391 e. The van der Waals surface area contributed by atoms with Crippen molar-refractivity contribution in [1.29, 1.82) is 0 Å². The van der Waals surface area contributed by atoms with Crippen LogP contribution in [0.25, 0.3) is 26.2 Å². The van der Waals surface area contributed by atoms with Crippen LogP contribution < -0.4 is 9.14 Å². The number of rotatable bonds is 2. The number of aromatic nitrogens is 1. The summed E-state index contributed by atoms with van der Waals surface area (Å²) in [5, 5.41) is 11.9. The Kier molecular flexibility index (Phi) is 3.20. The molecule has 0 aliphatic carbocycles. The Labute approximate surface area is 138 Å². The first kappa shape index (κ1) is 14.0. The van der Waals surface area contributed by atoms with E-state index in [0.29, 0.717) is 0 Å². The summed E-state index contributed by atoms with van der Waals surface area (Å²) in [5.41, 5.74) is 3.16. The van der Waals surface area contributed by atoms with Gasteiger partial charge < -0.3 is 9.84 Å². The van der Waals surface area contributed by atoms with Crippen molar-refractivity contribution in [2.75, 3.05) is 7.11 Å². The van der Waals surface area contributed by atoms with Gasteiger partial charge in [-0.25, -0.2) is 0 Å². The molecule has 1 N–H and O–H groups in total. The van der Waals surface area contributed by atoms with Gasteiger partial charge in [0.25, 0.3) is 4.83 Å². The predicted molar refractivity (Wildman–Crippen MR) is 93.4 cm³/mol. The lowest BCUT2D eigenvalue weighted by Gasteiger charge is -2.02. The normalized spacial score (nSPS) is 11.2. The second-order valence-corrected chi connectivity index (χ2v) is 6.54. The Morgan fingerprint density at radius 2 is 1.83 bits per heavy atom. The van der Waals surface area contributed by atoms with E-state index in [-0.39, 0.29) is 5.88 Å². The van der Waals surface area contributed by atoms with Crippen LogP contribution in [-0.2, 0) is 0 Å². The van der Waals surface area contributed by atoms with Gasteiger partial charge in [0.15, 0.2) is 4.88 Å². The first-order chi connectivity index (χ1) is 11.2. The summed E-state index contributed by atoms with van der Waals surface area (Å²) >= 11 is 1.59. The van der Waals surface area contributed by atoms with Crippen molar-refractivity contribution >= 4 is 27.1 Å². The molecular weight excluding hydrogens is 306 g/mol. The lowest BCUT2D eigenvalue weighted by atomic mass is 10.1. The molecule has 0 aliphatic rings. The van der Waals surface area contributed by atoms with Crippen molar-refractivity contribution in [3.63, 3.8) is 0 Å². The topological polar surface area (TPSA) is 33.6 Å². The molecule has 0 unspecified atom stereocenters. The third-order valence-corrected chi connectivity index (χ3v) is 5.22. The first-order valence-corrected chi connectivity index (χ1v) is 8.21. The Morgan fingerprint density at radius 1 is 1.04 bits per heavy atom. The Morgan fingerprint density at radius 3 is 2.57 bits per heavy atom. The fraction of sp³-hybridized carbons (Fsp3) is 0.105. The highest BCUT2D eigenvalue weighted by molar-refractivity contribution is 7.20. The summed E-state index contributed by atoms with van der Waals surface area (Å²) in [7, 11) is 1.65. The van der Waals surface area contributed by atoms with Crippen molar-refractivity contribution in [3.05, 3.63) is 60.2 Å². The number of thiazole rings is 1. The molecule has 0 saturated carbocycles. The highest BCUT2D eigenvalue weighted by atomic mass is 32.1. The molecule has 0 aliphatic heterocycles. The quantitative estimate of drug-likeness (QED) is 0.557. The van der Waals surface area contributed by atoms with Gasteiger partial charge in [-0.05, 0) is 24.6 Å². The average Bonchev–Trinajstić information content (AvgIpc) is 2.92. The molecule has 2 aromatic carbocycles. The number of benzene rings is 2. The fourth-order valence-electron chi connectivity index (χ4n) is 2.93. The van der Waals surface area contributed by atoms with Crippen LogP contribution in [0.5, 0.6) is 11.6 Å². The van der Waals surface area contributed by atoms with Crippen LogP contribution in [0, 0.1) is 6.92 Å². The fourth-order valence-corrected chi connectivity index (χ4v) is 4.08. The first-order valence-electron chi connectivity index (χ1n) is 7.39. The number of ether oxygens (including phenoxy) is 1. The number of aromatic hydroxyl groups is 1. The largest absolute Gasteiger partial charge is 0.497 e. The molecule has 23 heavy (non-hydrogen) atoms. The van der Waals surface area contributed by atoms with Crippen molar-refractivity contribution in [1.82, 2.24) is 0 Å². The van der Waals surface area contributed by atoms with E-state index >= 15 is 0 Å². The molecule has 0 saturated heterocycles. The third kappa shape index (κ3) is 2.14. The Balaban J connectivity index is 2.11. The van der Waals surface area contributed by atoms with Gasteiger partial charge >= 0.3 is 5.88 Å². The molecule has 3 nitrogen and oxygen atoms in total. The van der Waals surface area contributed by atoms with Crippen molar-refractivity contribution in [2.45, 2.75) is 6.92 Å². The summed E-state index contributed by atoms with van der Waals surface area (Å²) in [6.07, 6.45) is 0. The van der Waals surface area contributed by atoms with Gasteiger partial charge in [-0.1, -0.05) is 41.7 Å². The van der Waals surface area contributed by atoms with Crippen LogP contribution in [-0.4, -0.2) is 12.2 Å². The molecule has 0 amide bonds. The molecule has 4 aromatic rings. The minimum Gasteiger partial charge on any atom is -0.497 e. The van der Waals surface area contributed by atoms with Crippen molar-refractivity contribution in [2.24, 2.45) is 0 Å². The number of nitrogens with zero attached hydrogens (tertiary/aromatic N) is 1. The SMILES string of the molecule is COc1ccc2c(C)cc3sc(-c4ccccc4)c(O)[n+]3c2c1. The molecule has 114 valence electrons. The van der Waals surface area contributed by atoms with Gasteiger partial charge in [0.05, 0.1) is 18.6 Å². The highest BCUT2D eigenvalue weighted by Gasteiger charge is 2.25. The van der Waals surface area contributed by atoms with Gasteiger partial charge in [-0.2, -0.15) is 0 Å². The Hall–Kier alpha value is -2.59. The van der Waals surface area contributed by atoms with E-state index in [0.717, 1.165) is 31.9 Å². The zero-order valence-corrected chi connectivity index (χ0v) is 13.7. The summed E-state index contributed by atoms with van der Waals surface area (Å²) in [6, 6.07) is 18.0. The van der Waals surface area contributed by atoms with Crippen LogP contribution in [0.1, 0.15) is 5.56 Å². The van der Waals surface area contributed by atoms with Gasteiger partial charge in [0, 0.05) is 11.6 Å². The summed E-state index contributed by atoms with van der Waals surface area (Å²) in [4.78, 5) is 1.89. The number of hydrogen-bond donors (Lipinski definition) is 1. The molecule has 0 fully saturated rings. The van der Waals surface area contributed by atoms with E-state index in [2.05, 4.69) is 13.0 Å². The third-order valence-electron chi connectivity index (χ3n) is 4.09. The molecule has 0 radical (unpaired) electrons. The minimum atomic E-state index is 0.273. The second-order valence-electron chi connectivity index (χ2n) is 5.50. The van der Waals surface area contributed by atoms with E-state index in [1.807, 2.05) is 52.9 Å². The molecule has 4 heteroatoms. The maximum atomic E-state index is 10.8. The lowest BCUT2D eigenvalue weighted by molar-refractivity contribution is -0.488. The van der Waals surface area contributed by atoms with Gasteiger partial charge in [-0.15, -0.1) is 4.40 Å². The van der Waals surface area contributed by atoms with Crippen LogP contribution >= 0.6 is 11.3 Å². The average molecular weight is 322 g/mol. The van der Waals surface area contributed by atoms with E-state index in [1.54, 1.807) is 18.4 Å². The molecule has 4 rings (SSSR count). The van der Waals surface area contributed by atoms with Crippen LogP contribution in [0.3, 0.4) is 0 Å². The standard InChI is InChI=1S/C19H15NO2S/c1-12-10-17-20(16-11-14(22-2)8-9-15(12)16)19(21)18(23-17)13-6-4-3-5-7-13/h3-11H,1-2H3/p+1. The maximum Gasteiger partial charge on any atom is 0.391 e.